The Balaban J connectivity index is 1.82. The van der Waals surface area contributed by atoms with Crippen LogP contribution in [0.4, 0.5) is 10.2 Å². The zero-order valence-corrected chi connectivity index (χ0v) is 14.9. The first-order chi connectivity index (χ1) is 13.1. The zero-order chi connectivity index (χ0) is 19.0. The van der Waals surface area contributed by atoms with Crippen molar-refractivity contribution >= 4 is 11.7 Å². The quantitative estimate of drug-likeness (QED) is 0.766. The van der Waals surface area contributed by atoms with Crippen LogP contribution in [0.3, 0.4) is 0 Å². The number of anilines is 1. The Kier molecular flexibility index (Phi) is 4.27. The second-order valence-corrected chi connectivity index (χ2v) is 6.25. The summed E-state index contributed by atoms with van der Waals surface area (Å²) in [6, 6.07) is 11.6. The number of hydrogen-bond donors (Lipinski definition) is 1. The summed E-state index contributed by atoms with van der Waals surface area (Å²) < 4.78 is 25.9. The Labute approximate surface area is 155 Å². The molecule has 138 valence electrons. The van der Waals surface area contributed by atoms with Gasteiger partial charge >= 0.3 is 0 Å². The van der Waals surface area contributed by atoms with Gasteiger partial charge in [0.15, 0.2) is 0 Å². The highest BCUT2D eigenvalue weighted by atomic mass is 19.1. The van der Waals surface area contributed by atoms with Crippen molar-refractivity contribution in [3.63, 3.8) is 0 Å². The van der Waals surface area contributed by atoms with Crippen LogP contribution in [-0.4, -0.2) is 29.9 Å². The van der Waals surface area contributed by atoms with Crippen molar-refractivity contribution in [2.75, 3.05) is 19.5 Å². The molecule has 2 aromatic carbocycles. The highest BCUT2D eigenvalue weighted by molar-refractivity contribution is 5.94. The van der Waals surface area contributed by atoms with Crippen LogP contribution in [0.1, 0.15) is 23.5 Å². The van der Waals surface area contributed by atoms with Crippen LogP contribution in [0.15, 0.2) is 48.7 Å². The standard InChI is InChI=1S/C20H18FN3O3/c1-26-14-6-7-15(18(9-14)27-2)16-10-19(25)23-20-17(16)11-22-24(20)13-5-3-4-12(21)8-13/h3-9,11,16H,10H2,1-2H3,(H,23,25). The lowest BCUT2D eigenvalue weighted by Crippen LogP contribution is -2.24. The number of nitrogens with zero attached hydrogens (tertiary/aromatic N) is 2. The van der Waals surface area contributed by atoms with E-state index in [-0.39, 0.29) is 24.1 Å². The molecule has 0 spiro atoms. The van der Waals surface area contributed by atoms with Gasteiger partial charge in [0, 0.05) is 29.5 Å². The third-order valence-electron chi connectivity index (χ3n) is 4.69. The number of halogens is 1. The van der Waals surface area contributed by atoms with Crippen molar-refractivity contribution in [3.8, 4) is 17.2 Å². The van der Waals surface area contributed by atoms with Gasteiger partial charge in [-0.25, -0.2) is 9.07 Å². The van der Waals surface area contributed by atoms with Gasteiger partial charge < -0.3 is 14.8 Å². The Hall–Kier alpha value is -3.35. The van der Waals surface area contributed by atoms with Crippen LogP contribution >= 0.6 is 0 Å². The highest BCUT2D eigenvalue weighted by Gasteiger charge is 2.32. The molecule has 1 aliphatic rings. The fourth-order valence-electron chi connectivity index (χ4n) is 3.41. The lowest BCUT2D eigenvalue weighted by molar-refractivity contribution is -0.116. The minimum Gasteiger partial charge on any atom is -0.497 e. The second kappa shape index (κ2) is 6.75. The van der Waals surface area contributed by atoms with Crippen LogP contribution in [-0.2, 0) is 4.79 Å². The van der Waals surface area contributed by atoms with Crippen LogP contribution in [0, 0.1) is 5.82 Å². The first kappa shape index (κ1) is 17.1. The van der Waals surface area contributed by atoms with E-state index in [4.69, 9.17) is 9.47 Å². The van der Waals surface area contributed by atoms with Crippen molar-refractivity contribution in [1.29, 1.82) is 0 Å². The van der Waals surface area contributed by atoms with Crippen molar-refractivity contribution in [2.24, 2.45) is 0 Å². The number of carbonyl (C=O) groups excluding carboxylic acids is 1. The van der Waals surface area contributed by atoms with Crippen LogP contribution in [0.2, 0.25) is 0 Å². The van der Waals surface area contributed by atoms with E-state index in [9.17, 15) is 9.18 Å². The van der Waals surface area contributed by atoms with Gasteiger partial charge in [-0.05, 0) is 24.3 Å². The Bertz CT molecular complexity index is 1020. The Morgan fingerprint density at radius 3 is 2.74 bits per heavy atom. The lowest BCUT2D eigenvalue weighted by atomic mass is 9.86. The monoisotopic (exact) mass is 367 g/mol. The van der Waals surface area contributed by atoms with Gasteiger partial charge in [-0.3, -0.25) is 4.79 Å². The molecule has 1 aromatic heterocycles. The number of rotatable bonds is 4. The third kappa shape index (κ3) is 3.01. The molecule has 27 heavy (non-hydrogen) atoms. The zero-order valence-electron chi connectivity index (χ0n) is 14.9. The summed E-state index contributed by atoms with van der Waals surface area (Å²) in [4.78, 5) is 12.4. The van der Waals surface area contributed by atoms with Gasteiger partial charge in [0.05, 0.1) is 26.1 Å². The number of hydrogen-bond acceptors (Lipinski definition) is 4. The number of fused-ring (bicyclic) bond motifs is 1. The minimum absolute atomic E-state index is 0.136. The first-order valence-corrected chi connectivity index (χ1v) is 8.46. The summed E-state index contributed by atoms with van der Waals surface area (Å²) in [6.45, 7) is 0. The molecule has 7 heteroatoms. The van der Waals surface area contributed by atoms with Gasteiger partial charge in [0.1, 0.15) is 23.1 Å². The Morgan fingerprint density at radius 1 is 1.15 bits per heavy atom. The summed E-state index contributed by atoms with van der Waals surface area (Å²) in [7, 11) is 3.17. The molecule has 1 amide bonds. The molecule has 0 fully saturated rings. The average Bonchev–Trinajstić information content (AvgIpc) is 3.10. The number of carbonyl (C=O) groups is 1. The van der Waals surface area contributed by atoms with E-state index in [0.29, 0.717) is 23.0 Å². The van der Waals surface area contributed by atoms with Gasteiger partial charge in [0.2, 0.25) is 5.91 Å². The fraction of sp³-hybridized carbons (Fsp3) is 0.200. The molecule has 1 aliphatic heterocycles. The van der Waals surface area contributed by atoms with Crippen LogP contribution in [0.25, 0.3) is 5.69 Å². The molecule has 0 saturated heterocycles. The van der Waals surface area contributed by atoms with E-state index >= 15 is 0 Å². The number of aromatic nitrogens is 2. The maximum atomic E-state index is 13.6. The van der Waals surface area contributed by atoms with E-state index in [1.54, 1.807) is 43.3 Å². The van der Waals surface area contributed by atoms with Gasteiger partial charge in [-0.15, -0.1) is 0 Å². The maximum absolute atomic E-state index is 13.6. The highest BCUT2D eigenvalue weighted by Crippen LogP contribution is 2.42. The first-order valence-electron chi connectivity index (χ1n) is 8.46. The molecule has 6 nitrogen and oxygen atoms in total. The molecule has 1 atom stereocenters. The van der Waals surface area contributed by atoms with Crippen LogP contribution < -0.4 is 14.8 Å². The van der Waals surface area contributed by atoms with E-state index in [2.05, 4.69) is 10.4 Å². The van der Waals surface area contributed by atoms with E-state index in [0.717, 1.165) is 11.1 Å². The third-order valence-corrected chi connectivity index (χ3v) is 4.69. The maximum Gasteiger partial charge on any atom is 0.226 e. The predicted octanol–water partition coefficient (Wildman–Crippen LogP) is 3.50. The van der Waals surface area contributed by atoms with Crippen molar-refractivity contribution in [1.82, 2.24) is 9.78 Å². The SMILES string of the molecule is COc1ccc(C2CC(=O)Nc3c2cnn3-c2cccc(F)c2)c(OC)c1. The summed E-state index contributed by atoms with van der Waals surface area (Å²) >= 11 is 0. The van der Waals surface area contributed by atoms with E-state index in [1.807, 2.05) is 12.1 Å². The summed E-state index contributed by atoms with van der Waals surface area (Å²) in [5.41, 5.74) is 2.26. The van der Waals surface area contributed by atoms with Gasteiger partial charge in [-0.1, -0.05) is 12.1 Å². The van der Waals surface area contributed by atoms with Crippen molar-refractivity contribution in [2.45, 2.75) is 12.3 Å². The molecule has 1 unspecified atom stereocenters. The summed E-state index contributed by atoms with van der Waals surface area (Å²) in [5, 5.41) is 7.24. The number of ether oxygens (including phenoxy) is 2. The van der Waals surface area contributed by atoms with Crippen LogP contribution in [0.5, 0.6) is 11.5 Å². The van der Waals surface area contributed by atoms with Crippen molar-refractivity contribution < 1.29 is 18.7 Å². The molecule has 0 radical (unpaired) electrons. The smallest absolute Gasteiger partial charge is 0.226 e. The number of amides is 1. The fourth-order valence-corrected chi connectivity index (χ4v) is 3.41. The molecule has 1 N–H and O–H groups in total. The molecule has 4 rings (SSSR count). The number of nitrogens with one attached hydrogen (secondary N) is 1. The molecule has 2 heterocycles. The number of benzene rings is 2. The minimum atomic E-state index is -0.368. The summed E-state index contributed by atoms with van der Waals surface area (Å²) in [5.74, 6) is 1.12. The van der Waals surface area contributed by atoms with Gasteiger partial charge in [-0.2, -0.15) is 5.10 Å². The molecular weight excluding hydrogens is 349 g/mol. The molecule has 3 aromatic rings. The molecule has 0 bridgehead atoms. The lowest BCUT2D eigenvalue weighted by Gasteiger charge is -2.25. The molecule has 0 aliphatic carbocycles. The average molecular weight is 367 g/mol. The summed E-state index contributed by atoms with van der Waals surface area (Å²) in [6.07, 6.45) is 1.97. The van der Waals surface area contributed by atoms with Gasteiger partial charge in [0.25, 0.3) is 0 Å². The normalized spacial score (nSPS) is 15.8. The largest absolute Gasteiger partial charge is 0.497 e. The molecule has 0 saturated carbocycles. The number of methoxy groups -OCH3 is 2. The Morgan fingerprint density at radius 2 is 2.00 bits per heavy atom. The second-order valence-electron chi connectivity index (χ2n) is 6.25. The van der Waals surface area contributed by atoms with E-state index < -0.39 is 0 Å². The topological polar surface area (TPSA) is 65.4 Å². The molecular formula is C20H18FN3O3. The van der Waals surface area contributed by atoms with Crippen molar-refractivity contribution in [3.05, 3.63) is 65.6 Å². The predicted molar refractivity (Wildman–Crippen MR) is 98.2 cm³/mol. The van der Waals surface area contributed by atoms with E-state index in [1.165, 1.54) is 12.1 Å².